The van der Waals surface area contributed by atoms with Crippen LogP contribution in [0.4, 0.5) is 5.69 Å². The van der Waals surface area contributed by atoms with E-state index in [4.69, 9.17) is 4.74 Å². The summed E-state index contributed by atoms with van der Waals surface area (Å²) in [6, 6.07) is 16.2. The number of methoxy groups -OCH3 is 1. The van der Waals surface area contributed by atoms with E-state index in [1.807, 2.05) is 31.2 Å². The maximum Gasteiger partial charge on any atom is 0.337 e. The lowest BCUT2D eigenvalue weighted by Gasteiger charge is -2.25. The molecule has 8 heteroatoms. The lowest BCUT2D eigenvalue weighted by atomic mass is 9.87. The number of rotatable bonds is 6. The Bertz CT molecular complexity index is 1070. The maximum atomic E-state index is 12.3. The second kappa shape index (κ2) is 9.96. The SMILES string of the molecule is COC(=O)c1ccc([C@@H]2CC(=O)NC(SCC(=O)Nc3ccc(C)cc3)=C2C#N)cc1. The van der Waals surface area contributed by atoms with Crippen molar-refractivity contribution in [3.05, 3.63) is 75.8 Å². The van der Waals surface area contributed by atoms with Gasteiger partial charge in [0.15, 0.2) is 0 Å². The average molecular weight is 436 g/mol. The van der Waals surface area contributed by atoms with Crippen LogP contribution in [0.15, 0.2) is 59.1 Å². The third kappa shape index (κ3) is 5.53. The van der Waals surface area contributed by atoms with Gasteiger partial charge in [0.25, 0.3) is 0 Å². The van der Waals surface area contributed by atoms with Gasteiger partial charge in [-0.1, -0.05) is 41.6 Å². The van der Waals surface area contributed by atoms with Crippen LogP contribution >= 0.6 is 11.8 Å². The fourth-order valence-electron chi connectivity index (χ4n) is 3.16. The van der Waals surface area contributed by atoms with E-state index >= 15 is 0 Å². The quantitative estimate of drug-likeness (QED) is 0.673. The molecule has 0 spiro atoms. The fourth-order valence-corrected chi connectivity index (χ4v) is 4.04. The van der Waals surface area contributed by atoms with Crippen LogP contribution in [0.2, 0.25) is 0 Å². The molecule has 1 atom stereocenters. The Morgan fingerprint density at radius 2 is 1.87 bits per heavy atom. The van der Waals surface area contributed by atoms with Crippen LogP contribution in [0.5, 0.6) is 0 Å². The molecule has 2 amide bonds. The van der Waals surface area contributed by atoms with Gasteiger partial charge in [-0.15, -0.1) is 0 Å². The number of nitriles is 1. The zero-order valence-electron chi connectivity index (χ0n) is 17.1. The van der Waals surface area contributed by atoms with E-state index in [1.165, 1.54) is 7.11 Å². The Kier molecular flexibility index (Phi) is 7.11. The largest absolute Gasteiger partial charge is 0.465 e. The summed E-state index contributed by atoms with van der Waals surface area (Å²) in [4.78, 5) is 36.2. The fraction of sp³-hybridized carbons (Fsp3) is 0.217. The molecule has 0 saturated carbocycles. The van der Waals surface area contributed by atoms with Crippen LogP contribution in [-0.4, -0.2) is 30.6 Å². The molecule has 0 radical (unpaired) electrons. The van der Waals surface area contributed by atoms with Gasteiger partial charge in [0.2, 0.25) is 11.8 Å². The number of ether oxygens (including phenoxy) is 1. The van der Waals surface area contributed by atoms with E-state index in [1.54, 1.807) is 24.3 Å². The number of aryl methyl sites for hydroxylation is 1. The zero-order valence-corrected chi connectivity index (χ0v) is 17.9. The number of nitrogens with zero attached hydrogens (tertiary/aromatic N) is 1. The van der Waals surface area contributed by atoms with E-state index in [0.29, 0.717) is 21.9 Å². The topological polar surface area (TPSA) is 108 Å². The lowest BCUT2D eigenvalue weighted by molar-refractivity contribution is -0.121. The highest BCUT2D eigenvalue weighted by Gasteiger charge is 2.30. The van der Waals surface area contributed by atoms with Crippen molar-refractivity contribution in [2.24, 2.45) is 0 Å². The number of anilines is 1. The zero-order chi connectivity index (χ0) is 22.4. The number of amides is 2. The molecule has 7 nitrogen and oxygen atoms in total. The molecule has 0 saturated heterocycles. The standard InChI is InChI=1S/C23H21N3O4S/c1-14-3-9-17(10-4-14)25-21(28)13-31-22-19(12-24)18(11-20(27)26-22)15-5-7-16(8-6-15)23(29)30-2/h3-10,18H,11,13H2,1-2H3,(H,25,28)(H,26,27)/t18-/m0/s1. The predicted molar refractivity (Wildman–Crippen MR) is 118 cm³/mol. The number of carbonyl (C=O) groups is 3. The van der Waals surface area contributed by atoms with Crippen LogP contribution in [0.3, 0.4) is 0 Å². The van der Waals surface area contributed by atoms with Gasteiger partial charge in [-0.25, -0.2) is 4.79 Å². The van der Waals surface area contributed by atoms with Crippen molar-refractivity contribution in [2.45, 2.75) is 19.3 Å². The number of esters is 1. The summed E-state index contributed by atoms with van der Waals surface area (Å²) in [7, 11) is 1.30. The number of carbonyl (C=O) groups excluding carboxylic acids is 3. The first-order chi connectivity index (χ1) is 14.9. The van der Waals surface area contributed by atoms with Gasteiger partial charge in [-0.3, -0.25) is 9.59 Å². The summed E-state index contributed by atoms with van der Waals surface area (Å²) < 4.78 is 4.69. The highest BCUT2D eigenvalue weighted by molar-refractivity contribution is 8.03. The number of thioether (sulfide) groups is 1. The molecule has 2 aromatic carbocycles. The number of benzene rings is 2. The number of nitrogens with one attached hydrogen (secondary N) is 2. The molecular weight excluding hydrogens is 414 g/mol. The highest BCUT2D eigenvalue weighted by Crippen LogP contribution is 2.36. The predicted octanol–water partition coefficient (Wildman–Crippen LogP) is 3.49. The van der Waals surface area contributed by atoms with Gasteiger partial charge in [-0.2, -0.15) is 5.26 Å². The maximum absolute atomic E-state index is 12.3. The summed E-state index contributed by atoms with van der Waals surface area (Å²) in [6.45, 7) is 1.96. The summed E-state index contributed by atoms with van der Waals surface area (Å²) in [5.74, 6) is -1.34. The van der Waals surface area contributed by atoms with E-state index in [2.05, 4.69) is 16.7 Å². The smallest absolute Gasteiger partial charge is 0.337 e. The van der Waals surface area contributed by atoms with Crippen LogP contribution in [0, 0.1) is 18.3 Å². The van der Waals surface area contributed by atoms with Crippen LogP contribution in [-0.2, 0) is 14.3 Å². The Morgan fingerprint density at radius 1 is 1.19 bits per heavy atom. The van der Waals surface area contributed by atoms with Gasteiger partial charge in [0.1, 0.15) is 0 Å². The Balaban J connectivity index is 1.74. The van der Waals surface area contributed by atoms with Gasteiger partial charge >= 0.3 is 5.97 Å². The first kappa shape index (κ1) is 22.1. The molecular formula is C23H21N3O4S. The van der Waals surface area contributed by atoms with Gasteiger partial charge in [-0.05, 0) is 36.8 Å². The van der Waals surface area contributed by atoms with E-state index in [-0.39, 0.29) is 24.0 Å². The molecule has 3 rings (SSSR count). The Labute approximate surface area is 184 Å². The molecule has 0 aliphatic carbocycles. The second-order valence-electron chi connectivity index (χ2n) is 6.98. The summed E-state index contributed by atoms with van der Waals surface area (Å²) in [5.41, 5.74) is 3.28. The summed E-state index contributed by atoms with van der Waals surface area (Å²) >= 11 is 1.11. The number of hydrogen-bond donors (Lipinski definition) is 2. The number of hydrogen-bond acceptors (Lipinski definition) is 6. The van der Waals surface area contributed by atoms with Gasteiger partial charge in [0, 0.05) is 18.0 Å². The normalized spacial score (nSPS) is 15.6. The molecule has 0 bridgehead atoms. The van der Waals surface area contributed by atoms with E-state index < -0.39 is 11.9 Å². The third-order valence-electron chi connectivity index (χ3n) is 4.77. The van der Waals surface area contributed by atoms with Gasteiger partial charge in [0.05, 0.1) is 35.1 Å². The molecule has 1 aliphatic heterocycles. The van der Waals surface area contributed by atoms with Crippen molar-refractivity contribution in [1.82, 2.24) is 5.32 Å². The highest BCUT2D eigenvalue weighted by atomic mass is 32.2. The average Bonchev–Trinajstić information content (AvgIpc) is 2.78. The second-order valence-corrected chi connectivity index (χ2v) is 7.96. The van der Waals surface area contributed by atoms with Gasteiger partial charge < -0.3 is 15.4 Å². The van der Waals surface area contributed by atoms with Crippen molar-refractivity contribution < 1.29 is 19.1 Å². The molecule has 31 heavy (non-hydrogen) atoms. The van der Waals surface area contributed by atoms with E-state index in [0.717, 1.165) is 22.9 Å². The first-order valence-electron chi connectivity index (χ1n) is 9.53. The monoisotopic (exact) mass is 435 g/mol. The van der Waals surface area contributed by atoms with Crippen molar-refractivity contribution in [1.29, 1.82) is 5.26 Å². The van der Waals surface area contributed by atoms with E-state index in [9.17, 15) is 19.6 Å². The molecule has 0 unspecified atom stereocenters. The minimum absolute atomic E-state index is 0.0443. The summed E-state index contributed by atoms with van der Waals surface area (Å²) in [6.07, 6.45) is 0.111. The van der Waals surface area contributed by atoms with Crippen LogP contribution in [0.25, 0.3) is 0 Å². The summed E-state index contributed by atoms with van der Waals surface area (Å²) in [5, 5.41) is 15.6. The molecule has 0 fully saturated rings. The third-order valence-corrected chi connectivity index (χ3v) is 5.79. The van der Waals surface area contributed by atoms with Crippen molar-refractivity contribution in [3.63, 3.8) is 0 Å². The molecule has 1 aliphatic rings. The molecule has 2 N–H and O–H groups in total. The van der Waals surface area contributed by atoms with Crippen molar-refractivity contribution in [3.8, 4) is 6.07 Å². The molecule has 2 aromatic rings. The van der Waals surface area contributed by atoms with Crippen LogP contribution in [0.1, 0.15) is 33.8 Å². The molecule has 1 heterocycles. The molecule has 0 aromatic heterocycles. The number of allylic oxidation sites excluding steroid dienone is 1. The lowest BCUT2D eigenvalue weighted by Crippen LogP contribution is -2.31. The minimum atomic E-state index is -0.459. The van der Waals surface area contributed by atoms with Crippen LogP contribution < -0.4 is 10.6 Å². The Hall–Kier alpha value is -3.57. The minimum Gasteiger partial charge on any atom is -0.465 e. The van der Waals surface area contributed by atoms with Crippen molar-refractivity contribution >= 4 is 35.2 Å². The van der Waals surface area contributed by atoms with Crippen molar-refractivity contribution in [2.75, 3.05) is 18.2 Å². The Morgan fingerprint density at radius 3 is 2.48 bits per heavy atom. The molecule has 158 valence electrons. The first-order valence-corrected chi connectivity index (χ1v) is 10.5.